The van der Waals surface area contributed by atoms with Crippen molar-refractivity contribution >= 4 is 22.5 Å². The van der Waals surface area contributed by atoms with E-state index >= 15 is 0 Å². The lowest BCUT2D eigenvalue weighted by Gasteiger charge is -2.05. The van der Waals surface area contributed by atoms with Crippen molar-refractivity contribution < 1.29 is 13.7 Å². The minimum atomic E-state index is -0.425. The molecular formula is C23H16FN5O2. The number of nitrogens with zero attached hydrogens (tertiary/aromatic N) is 4. The summed E-state index contributed by atoms with van der Waals surface area (Å²) in [6.07, 6.45) is 0. The maximum atomic E-state index is 13.1. The first kappa shape index (κ1) is 18.7. The van der Waals surface area contributed by atoms with Crippen LogP contribution in [0.1, 0.15) is 16.2 Å². The minimum absolute atomic E-state index is 0.179. The predicted octanol–water partition coefficient (Wildman–Crippen LogP) is 4.78. The van der Waals surface area contributed by atoms with Crippen LogP contribution in [0.4, 0.5) is 10.1 Å². The summed E-state index contributed by atoms with van der Waals surface area (Å²) in [4.78, 5) is 12.6. The molecule has 0 radical (unpaired) electrons. The van der Waals surface area contributed by atoms with Gasteiger partial charge >= 0.3 is 0 Å². The van der Waals surface area contributed by atoms with Gasteiger partial charge in [-0.1, -0.05) is 40.7 Å². The van der Waals surface area contributed by atoms with E-state index in [0.29, 0.717) is 17.1 Å². The third kappa shape index (κ3) is 3.44. The number of anilines is 1. The summed E-state index contributed by atoms with van der Waals surface area (Å²) in [6.45, 7) is 1.76. The topological polar surface area (TPSA) is 85.8 Å². The Bertz CT molecular complexity index is 1390. The van der Waals surface area contributed by atoms with Gasteiger partial charge in [-0.3, -0.25) is 4.79 Å². The molecule has 2 aromatic heterocycles. The largest absolute Gasteiger partial charge is 0.355 e. The van der Waals surface area contributed by atoms with Gasteiger partial charge in [0.15, 0.2) is 11.5 Å². The maximum Gasteiger partial charge on any atom is 0.278 e. The highest BCUT2D eigenvalue weighted by Gasteiger charge is 2.19. The summed E-state index contributed by atoms with van der Waals surface area (Å²) in [6, 6.07) is 20.8. The molecule has 5 aromatic rings. The van der Waals surface area contributed by atoms with Crippen molar-refractivity contribution in [3.8, 4) is 17.0 Å². The third-order valence-electron chi connectivity index (χ3n) is 4.95. The molecule has 0 unspecified atom stereocenters. The number of carbonyl (C=O) groups is 1. The average molecular weight is 413 g/mol. The fourth-order valence-electron chi connectivity index (χ4n) is 3.37. The number of amides is 1. The minimum Gasteiger partial charge on any atom is -0.355 e. The third-order valence-corrected chi connectivity index (χ3v) is 4.95. The zero-order valence-corrected chi connectivity index (χ0v) is 16.4. The van der Waals surface area contributed by atoms with Crippen LogP contribution >= 0.6 is 0 Å². The average Bonchev–Trinajstić information content (AvgIpc) is 3.39. The van der Waals surface area contributed by atoms with Gasteiger partial charge in [0.1, 0.15) is 11.3 Å². The van der Waals surface area contributed by atoms with Crippen molar-refractivity contribution in [2.45, 2.75) is 6.92 Å². The molecule has 31 heavy (non-hydrogen) atoms. The van der Waals surface area contributed by atoms with E-state index in [1.807, 2.05) is 48.5 Å². The first-order valence-electron chi connectivity index (χ1n) is 9.54. The molecule has 0 spiro atoms. The molecule has 1 amide bonds. The van der Waals surface area contributed by atoms with Crippen LogP contribution in [0.5, 0.6) is 0 Å². The highest BCUT2D eigenvalue weighted by atomic mass is 19.1. The van der Waals surface area contributed by atoms with E-state index in [1.165, 1.54) is 24.3 Å². The number of fused-ring (bicyclic) bond motifs is 1. The molecule has 0 atom stereocenters. The zero-order chi connectivity index (χ0) is 21.4. The van der Waals surface area contributed by atoms with Gasteiger partial charge in [-0.2, -0.15) is 0 Å². The number of hydrogen-bond donors (Lipinski definition) is 1. The first-order valence-corrected chi connectivity index (χ1v) is 9.54. The molecular weight excluding hydrogens is 397 g/mol. The molecule has 0 saturated heterocycles. The summed E-state index contributed by atoms with van der Waals surface area (Å²) in [5.74, 6) is -0.144. The van der Waals surface area contributed by atoms with Crippen LogP contribution in [-0.2, 0) is 0 Å². The summed E-state index contributed by atoms with van der Waals surface area (Å²) >= 11 is 0. The molecule has 0 aliphatic heterocycles. The molecule has 152 valence electrons. The lowest BCUT2D eigenvalue weighted by Crippen LogP contribution is -2.14. The molecule has 2 heterocycles. The van der Waals surface area contributed by atoms with E-state index in [0.717, 1.165) is 22.2 Å². The van der Waals surface area contributed by atoms with Crippen molar-refractivity contribution in [3.05, 3.63) is 90.0 Å². The second-order valence-electron chi connectivity index (χ2n) is 6.98. The van der Waals surface area contributed by atoms with Gasteiger partial charge in [0.25, 0.3) is 5.91 Å². The van der Waals surface area contributed by atoms with E-state index in [-0.39, 0.29) is 11.5 Å². The van der Waals surface area contributed by atoms with E-state index in [4.69, 9.17) is 4.52 Å². The molecule has 0 fully saturated rings. The lowest BCUT2D eigenvalue weighted by atomic mass is 10.1. The Kier molecular flexibility index (Phi) is 4.51. The van der Waals surface area contributed by atoms with E-state index < -0.39 is 5.91 Å². The van der Waals surface area contributed by atoms with Crippen LogP contribution in [-0.4, -0.2) is 26.1 Å². The number of carbonyl (C=O) groups excluding carboxylic acids is 1. The Labute approximate surface area is 176 Å². The normalized spacial score (nSPS) is 11.0. The number of nitrogens with one attached hydrogen (secondary N) is 1. The van der Waals surface area contributed by atoms with Gasteiger partial charge in [0.2, 0.25) is 0 Å². The number of aromatic nitrogens is 4. The monoisotopic (exact) mass is 413 g/mol. The summed E-state index contributed by atoms with van der Waals surface area (Å²) in [5.41, 5.74) is 3.57. The fourth-order valence-corrected chi connectivity index (χ4v) is 3.37. The summed E-state index contributed by atoms with van der Waals surface area (Å²) < 4.78 is 20.2. The van der Waals surface area contributed by atoms with Gasteiger partial charge in [-0.15, -0.1) is 5.10 Å². The van der Waals surface area contributed by atoms with Crippen LogP contribution in [0, 0.1) is 12.7 Å². The van der Waals surface area contributed by atoms with Crippen LogP contribution in [0.2, 0.25) is 0 Å². The Morgan fingerprint density at radius 2 is 1.81 bits per heavy atom. The van der Waals surface area contributed by atoms with Crippen molar-refractivity contribution in [1.29, 1.82) is 0 Å². The van der Waals surface area contributed by atoms with Gasteiger partial charge in [0.05, 0.1) is 16.8 Å². The van der Waals surface area contributed by atoms with Crippen molar-refractivity contribution in [1.82, 2.24) is 20.2 Å². The second-order valence-corrected chi connectivity index (χ2v) is 6.98. The Balaban J connectivity index is 1.49. The van der Waals surface area contributed by atoms with E-state index in [1.54, 1.807) is 11.6 Å². The van der Waals surface area contributed by atoms with Crippen LogP contribution in [0.15, 0.2) is 77.3 Å². The van der Waals surface area contributed by atoms with Gasteiger partial charge in [-0.25, -0.2) is 9.07 Å². The van der Waals surface area contributed by atoms with Crippen LogP contribution in [0.3, 0.4) is 0 Å². The number of rotatable bonds is 4. The Morgan fingerprint density at radius 1 is 1.03 bits per heavy atom. The molecule has 7 nitrogen and oxygen atoms in total. The SMILES string of the molecule is Cc1c(C(=O)Nc2ccc(F)cc2)nnn1-c1ccc2noc(-c3ccccc3)c2c1. The molecule has 0 aliphatic carbocycles. The molecule has 5 rings (SSSR count). The first-order chi connectivity index (χ1) is 15.1. The van der Waals surface area contributed by atoms with Crippen LogP contribution in [0.25, 0.3) is 27.9 Å². The van der Waals surface area contributed by atoms with Crippen LogP contribution < -0.4 is 5.32 Å². The highest BCUT2D eigenvalue weighted by molar-refractivity contribution is 6.03. The maximum absolute atomic E-state index is 13.1. The molecule has 0 saturated carbocycles. The van der Waals surface area contributed by atoms with Crippen molar-refractivity contribution in [2.24, 2.45) is 0 Å². The van der Waals surface area contributed by atoms with Gasteiger partial charge < -0.3 is 9.84 Å². The fraction of sp³-hybridized carbons (Fsp3) is 0.0435. The Morgan fingerprint density at radius 3 is 2.58 bits per heavy atom. The molecule has 0 bridgehead atoms. The predicted molar refractivity (Wildman–Crippen MR) is 113 cm³/mol. The summed E-state index contributed by atoms with van der Waals surface area (Å²) in [5, 5.41) is 15.9. The zero-order valence-electron chi connectivity index (χ0n) is 16.4. The standard InChI is InChI=1S/C23H16FN5O2/c1-14-21(23(30)25-17-9-7-16(24)8-10-17)26-28-29(14)18-11-12-20-19(13-18)22(31-27-20)15-5-3-2-4-6-15/h2-13H,1H3,(H,25,30). The molecule has 3 aromatic carbocycles. The molecule has 8 heteroatoms. The van der Waals surface area contributed by atoms with Crippen molar-refractivity contribution in [3.63, 3.8) is 0 Å². The summed E-state index contributed by atoms with van der Waals surface area (Å²) in [7, 11) is 0. The number of halogens is 1. The lowest BCUT2D eigenvalue weighted by molar-refractivity contribution is 0.102. The van der Waals surface area contributed by atoms with Gasteiger partial charge in [-0.05, 0) is 49.4 Å². The Hall–Kier alpha value is -4.33. The second kappa shape index (κ2) is 7.49. The number of benzene rings is 3. The molecule has 0 aliphatic rings. The smallest absolute Gasteiger partial charge is 0.278 e. The number of hydrogen-bond acceptors (Lipinski definition) is 5. The van der Waals surface area contributed by atoms with E-state index in [9.17, 15) is 9.18 Å². The van der Waals surface area contributed by atoms with E-state index in [2.05, 4.69) is 20.8 Å². The highest BCUT2D eigenvalue weighted by Crippen LogP contribution is 2.30. The quantitative estimate of drug-likeness (QED) is 0.458. The molecule has 1 N–H and O–H groups in total. The van der Waals surface area contributed by atoms with Crippen molar-refractivity contribution in [2.75, 3.05) is 5.32 Å². The van der Waals surface area contributed by atoms with Gasteiger partial charge in [0, 0.05) is 11.3 Å².